The molecule has 0 radical (unpaired) electrons. The Morgan fingerprint density at radius 3 is 2.11 bits per heavy atom. The topological polar surface area (TPSA) is 72.8 Å². The summed E-state index contributed by atoms with van der Waals surface area (Å²) in [6.45, 7) is 11.2. The molecule has 0 spiro atoms. The number of hydrogen-bond donors (Lipinski definition) is 1. The molecule has 1 N–H and O–H groups in total. The number of carbonyl (C=O) groups excluding carboxylic acids is 2. The molecule has 0 saturated heterocycles. The summed E-state index contributed by atoms with van der Waals surface area (Å²) in [4.78, 5) is 23.6. The van der Waals surface area contributed by atoms with E-state index < -0.39 is 12.6 Å². The molecule has 1 aliphatic rings. The highest BCUT2D eigenvalue weighted by Gasteiger charge is 2.28. The Morgan fingerprint density at radius 1 is 0.971 bits per heavy atom. The van der Waals surface area contributed by atoms with Gasteiger partial charge in [0.25, 0.3) is 0 Å². The van der Waals surface area contributed by atoms with Crippen molar-refractivity contribution < 1.29 is 24.2 Å². The fourth-order valence-electron chi connectivity index (χ4n) is 4.97. The van der Waals surface area contributed by atoms with Crippen LogP contribution in [0, 0.1) is 11.8 Å². The van der Waals surface area contributed by atoms with Gasteiger partial charge in [-0.1, -0.05) is 57.2 Å². The molecule has 1 aromatic carbocycles. The van der Waals surface area contributed by atoms with Gasteiger partial charge in [0, 0.05) is 5.57 Å². The Bertz CT molecular complexity index is 818. The van der Waals surface area contributed by atoms with Crippen LogP contribution in [0.5, 0.6) is 0 Å². The minimum Gasteiger partial charge on any atom is -0.462 e. The number of benzene rings is 1. The van der Waals surface area contributed by atoms with Crippen LogP contribution in [0.15, 0.2) is 48.6 Å². The smallest absolute Gasteiger partial charge is 0.335 e. The third kappa shape index (κ3) is 10.0. The van der Waals surface area contributed by atoms with E-state index in [9.17, 15) is 9.59 Å². The summed E-state index contributed by atoms with van der Waals surface area (Å²) in [5.41, 5.74) is 3.33. The second-order valence-corrected chi connectivity index (χ2v) is 9.96. The minimum atomic E-state index is -0.554. The SMILES string of the molecule is C=C(C)C(=O)OCCC(CCOC(=O)C(=C)CO)C1CCC(c2ccc(CCCCC)cc2)CC1. The van der Waals surface area contributed by atoms with Crippen molar-refractivity contribution in [2.45, 2.75) is 84.0 Å². The predicted molar refractivity (Wildman–Crippen MR) is 140 cm³/mol. The Balaban J connectivity index is 1.89. The van der Waals surface area contributed by atoms with Gasteiger partial charge in [0.1, 0.15) is 0 Å². The van der Waals surface area contributed by atoms with Crippen LogP contribution in [0.2, 0.25) is 0 Å². The summed E-state index contributed by atoms with van der Waals surface area (Å²) >= 11 is 0. The maximum absolute atomic E-state index is 11.8. The maximum atomic E-state index is 11.8. The first-order valence-corrected chi connectivity index (χ1v) is 13.2. The van der Waals surface area contributed by atoms with E-state index in [4.69, 9.17) is 14.6 Å². The second-order valence-electron chi connectivity index (χ2n) is 9.96. The van der Waals surface area contributed by atoms with Gasteiger partial charge in [-0.05, 0) is 87.2 Å². The summed E-state index contributed by atoms with van der Waals surface area (Å²) in [6.07, 6.45) is 10.9. The van der Waals surface area contributed by atoms with Crippen molar-refractivity contribution in [3.8, 4) is 0 Å². The minimum absolute atomic E-state index is 0.0637. The Kier molecular flexibility index (Phi) is 12.8. The summed E-state index contributed by atoms with van der Waals surface area (Å²) in [5.74, 6) is 0.467. The van der Waals surface area contributed by atoms with Crippen LogP contribution in [0.1, 0.15) is 88.7 Å². The molecule has 35 heavy (non-hydrogen) atoms. The van der Waals surface area contributed by atoms with E-state index in [1.807, 2.05) is 0 Å². The van der Waals surface area contributed by atoms with Crippen molar-refractivity contribution in [3.05, 3.63) is 59.7 Å². The predicted octanol–water partition coefficient (Wildman–Crippen LogP) is 6.30. The number of aliphatic hydroxyl groups excluding tert-OH is 1. The van der Waals surface area contributed by atoms with Crippen LogP contribution >= 0.6 is 0 Å². The quantitative estimate of drug-likeness (QED) is 0.180. The summed E-state index contributed by atoms with van der Waals surface area (Å²) < 4.78 is 10.6. The molecule has 0 aliphatic heterocycles. The van der Waals surface area contributed by atoms with Crippen molar-refractivity contribution >= 4 is 11.9 Å². The van der Waals surface area contributed by atoms with Crippen molar-refractivity contribution in [1.82, 2.24) is 0 Å². The fraction of sp³-hybridized carbons (Fsp3) is 0.600. The zero-order chi connectivity index (χ0) is 25.6. The molecule has 5 nitrogen and oxygen atoms in total. The molecular weight excluding hydrogens is 440 g/mol. The highest BCUT2D eigenvalue weighted by molar-refractivity contribution is 5.88. The summed E-state index contributed by atoms with van der Waals surface area (Å²) in [5, 5.41) is 9.06. The van der Waals surface area contributed by atoms with Gasteiger partial charge in [-0.2, -0.15) is 0 Å². The molecule has 1 aromatic rings. The van der Waals surface area contributed by atoms with Crippen molar-refractivity contribution in [2.24, 2.45) is 11.8 Å². The van der Waals surface area contributed by atoms with E-state index in [0.29, 0.717) is 36.4 Å². The first-order valence-electron chi connectivity index (χ1n) is 13.2. The van der Waals surface area contributed by atoms with Crippen LogP contribution in [0.3, 0.4) is 0 Å². The van der Waals surface area contributed by atoms with Gasteiger partial charge in [0.15, 0.2) is 0 Å². The number of esters is 2. The number of rotatable bonds is 15. The Hall–Kier alpha value is -2.40. The highest BCUT2D eigenvalue weighted by Crippen LogP contribution is 2.40. The molecule has 1 fully saturated rings. The summed E-state index contributed by atoms with van der Waals surface area (Å²) in [7, 11) is 0. The fourth-order valence-corrected chi connectivity index (χ4v) is 4.97. The summed E-state index contributed by atoms with van der Waals surface area (Å²) in [6, 6.07) is 9.22. The number of aliphatic hydroxyl groups is 1. The van der Waals surface area contributed by atoms with Gasteiger partial charge in [-0.3, -0.25) is 0 Å². The van der Waals surface area contributed by atoms with E-state index in [1.54, 1.807) is 6.92 Å². The van der Waals surface area contributed by atoms with Gasteiger partial charge in [0.2, 0.25) is 0 Å². The number of ether oxygens (including phenoxy) is 2. The van der Waals surface area contributed by atoms with E-state index in [1.165, 1.54) is 30.4 Å². The molecular formula is C30H44O5. The molecule has 0 aromatic heterocycles. The largest absolute Gasteiger partial charge is 0.462 e. The lowest BCUT2D eigenvalue weighted by Crippen LogP contribution is -2.25. The lowest BCUT2D eigenvalue weighted by molar-refractivity contribution is -0.140. The van der Waals surface area contributed by atoms with Gasteiger partial charge < -0.3 is 14.6 Å². The number of hydrogen-bond acceptors (Lipinski definition) is 5. The maximum Gasteiger partial charge on any atom is 0.335 e. The zero-order valence-corrected chi connectivity index (χ0v) is 21.7. The normalized spacial score (nSPS) is 18.5. The molecule has 0 amide bonds. The molecule has 194 valence electrons. The molecule has 0 bridgehead atoms. The third-order valence-corrected chi connectivity index (χ3v) is 7.23. The molecule has 1 unspecified atom stereocenters. The number of unbranched alkanes of at least 4 members (excludes halogenated alkanes) is 2. The zero-order valence-electron chi connectivity index (χ0n) is 21.7. The lowest BCUT2D eigenvalue weighted by atomic mass is 9.72. The monoisotopic (exact) mass is 484 g/mol. The van der Waals surface area contributed by atoms with Crippen molar-refractivity contribution in [1.29, 1.82) is 0 Å². The molecule has 2 rings (SSSR count). The van der Waals surface area contributed by atoms with Crippen LogP contribution in [0.4, 0.5) is 0 Å². The highest BCUT2D eigenvalue weighted by atomic mass is 16.5. The molecule has 1 atom stereocenters. The average molecular weight is 485 g/mol. The van der Waals surface area contributed by atoms with Crippen LogP contribution in [0.25, 0.3) is 0 Å². The number of carbonyl (C=O) groups is 2. The average Bonchev–Trinajstić information content (AvgIpc) is 2.87. The van der Waals surface area contributed by atoms with Gasteiger partial charge in [0.05, 0.1) is 25.4 Å². The van der Waals surface area contributed by atoms with E-state index in [2.05, 4.69) is 44.3 Å². The lowest BCUT2D eigenvalue weighted by Gasteiger charge is -2.34. The molecule has 1 aliphatic carbocycles. The van der Waals surface area contributed by atoms with E-state index in [0.717, 1.165) is 38.5 Å². The third-order valence-electron chi connectivity index (χ3n) is 7.23. The van der Waals surface area contributed by atoms with Gasteiger partial charge >= 0.3 is 11.9 Å². The van der Waals surface area contributed by atoms with Gasteiger partial charge in [-0.25, -0.2) is 9.59 Å². The molecule has 0 heterocycles. The van der Waals surface area contributed by atoms with Crippen molar-refractivity contribution in [2.75, 3.05) is 19.8 Å². The van der Waals surface area contributed by atoms with Crippen LogP contribution < -0.4 is 0 Å². The standard InChI is InChI=1S/C30H44O5/c1-5-6-7-8-24-9-11-25(12-10-24)26-13-15-27(16-14-26)28(17-19-34-29(32)22(2)3)18-20-35-30(33)23(4)21-31/h9-12,26-28,31H,2,4-8,13-21H2,1,3H3. The molecule has 5 heteroatoms. The number of aryl methyl sites for hydroxylation is 1. The van der Waals surface area contributed by atoms with E-state index in [-0.39, 0.29) is 18.1 Å². The Labute approximate surface area is 211 Å². The first kappa shape index (κ1) is 28.8. The van der Waals surface area contributed by atoms with Crippen LogP contribution in [-0.4, -0.2) is 36.9 Å². The van der Waals surface area contributed by atoms with Crippen molar-refractivity contribution in [3.63, 3.8) is 0 Å². The molecule has 1 saturated carbocycles. The first-order chi connectivity index (χ1) is 16.8. The van der Waals surface area contributed by atoms with Gasteiger partial charge in [-0.15, -0.1) is 0 Å². The van der Waals surface area contributed by atoms with E-state index >= 15 is 0 Å². The second kappa shape index (κ2) is 15.6. The van der Waals surface area contributed by atoms with Crippen LogP contribution in [-0.2, 0) is 25.5 Å². The Morgan fingerprint density at radius 2 is 1.57 bits per heavy atom.